The summed E-state index contributed by atoms with van der Waals surface area (Å²) in [4.78, 5) is 4.42. The highest BCUT2D eigenvalue weighted by Crippen LogP contribution is 2.47. The van der Waals surface area contributed by atoms with Crippen molar-refractivity contribution >= 4 is 0 Å². The van der Waals surface area contributed by atoms with Crippen LogP contribution in [0.5, 0.6) is 0 Å². The Balaban J connectivity index is 1.95. The molecule has 1 saturated heterocycles. The molecule has 1 saturated carbocycles. The predicted molar refractivity (Wildman–Crippen MR) is 67.9 cm³/mol. The molecule has 1 spiro atoms. The Morgan fingerprint density at radius 2 is 2.06 bits per heavy atom. The van der Waals surface area contributed by atoms with Gasteiger partial charge in [0, 0.05) is 19.2 Å². The van der Waals surface area contributed by atoms with Crippen LogP contribution >= 0.6 is 0 Å². The normalized spacial score (nSPS) is 30.2. The van der Waals surface area contributed by atoms with Gasteiger partial charge in [-0.3, -0.25) is 4.98 Å². The Hall–Kier alpha value is -1.40. The van der Waals surface area contributed by atoms with Gasteiger partial charge in [-0.2, -0.15) is 5.26 Å². The van der Waals surface area contributed by atoms with Gasteiger partial charge in [0.05, 0.1) is 17.4 Å². The highest BCUT2D eigenvalue weighted by molar-refractivity contribution is 5.28. The van der Waals surface area contributed by atoms with Gasteiger partial charge in [-0.25, -0.2) is 0 Å². The lowest BCUT2D eigenvalue weighted by molar-refractivity contribution is -0.0925. The van der Waals surface area contributed by atoms with E-state index >= 15 is 0 Å². The van der Waals surface area contributed by atoms with Crippen LogP contribution in [0.25, 0.3) is 0 Å². The molecule has 94 valence electrons. The molecular weight excluding hydrogens is 224 g/mol. The SMILES string of the molecule is N#C[C@@]1(c2ccccn2)CCOC2(CCCC2)C1. The van der Waals surface area contributed by atoms with Crippen molar-refractivity contribution in [2.45, 2.75) is 49.5 Å². The second-order valence-electron chi connectivity index (χ2n) is 5.57. The van der Waals surface area contributed by atoms with E-state index < -0.39 is 5.41 Å². The van der Waals surface area contributed by atoms with Crippen LogP contribution in [0, 0.1) is 11.3 Å². The van der Waals surface area contributed by atoms with Crippen LogP contribution in [0.4, 0.5) is 0 Å². The van der Waals surface area contributed by atoms with Crippen LogP contribution in [-0.2, 0) is 10.2 Å². The van der Waals surface area contributed by atoms with Gasteiger partial charge >= 0.3 is 0 Å². The number of ether oxygens (including phenoxy) is 1. The molecule has 0 bridgehead atoms. The summed E-state index contributed by atoms with van der Waals surface area (Å²) in [7, 11) is 0. The Morgan fingerprint density at radius 1 is 1.22 bits per heavy atom. The van der Waals surface area contributed by atoms with Crippen molar-refractivity contribution in [3.05, 3.63) is 30.1 Å². The first-order chi connectivity index (χ1) is 8.79. The largest absolute Gasteiger partial charge is 0.375 e. The van der Waals surface area contributed by atoms with Gasteiger partial charge < -0.3 is 4.74 Å². The van der Waals surface area contributed by atoms with E-state index in [0.717, 1.165) is 31.4 Å². The maximum absolute atomic E-state index is 9.69. The lowest BCUT2D eigenvalue weighted by atomic mass is 9.71. The number of hydrogen-bond acceptors (Lipinski definition) is 3. The van der Waals surface area contributed by atoms with E-state index in [9.17, 15) is 5.26 Å². The van der Waals surface area contributed by atoms with Crippen LogP contribution in [0.15, 0.2) is 24.4 Å². The number of hydrogen-bond donors (Lipinski definition) is 0. The third kappa shape index (κ3) is 1.81. The van der Waals surface area contributed by atoms with Crippen molar-refractivity contribution in [1.82, 2.24) is 4.98 Å². The van der Waals surface area contributed by atoms with Crippen LogP contribution < -0.4 is 0 Å². The highest BCUT2D eigenvalue weighted by atomic mass is 16.5. The van der Waals surface area contributed by atoms with Crippen molar-refractivity contribution in [3.8, 4) is 6.07 Å². The number of nitriles is 1. The lowest BCUT2D eigenvalue weighted by Crippen LogP contribution is -2.45. The van der Waals surface area contributed by atoms with Crippen LogP contribution in [0.1, 0.15) is 44.2 Å². The van der Waals surface area contributed by atoms with E-state index in [1.807, 2.05) is 18.2 Å². The monoisotopic (exact) mass is 242 g/mol. The third-order valence-corrected chi connectivity index (χ3v) is 4.45. The first kappa shape index (κ1) is 11.7. The van der Waals surface area contributed by atoms with Crippen molar-refractivity contribution in [3.63, 3.8) is 0 Å². The molecule has 1 aliphatic heterocycles. The Labute approximate surface area is 108 Å². The summed E-state index contributed by atoms with van der Waals surface area (Å²) in [5, 5.41) is 9.69. The summed E-state index contributed by atoms with van der Waals surface area (Å²) in [5.74, 6) is 0. The molecule has 1 aromatic heterocycles. The molecule has 2 aliphatic rings. The maximum Gasteiger partial charge on any atom is 0.104 e. The molecule has 0 aromatic carbocycles. The van der Waals surface area contributed by atoms with Crippen molar-refractivity contribution < 1.29 is 4.74 Å². The Kier molecular flexibility index (Phi) is 2.83. The summed E-state index contributed by atoms with van der Waals surface area (Å²) in [6, 6.07) is 8.40. The maximum atomic E-state index is 9.69. The molecule has 1 aromatic rings. The van der Waals surface area contributed by atoms with Gasteiger partial charge in [0.1, 0.15) is 5.41 Å². The molecule has 1 atom stereocenters. The molecule has 2 fully saturated rings. The van der Waals surface area contributed by atoms with E-state index in [4.69, 9.17) is 4.74 Å². The summed E-state index contributed by atoms with van der Waals surface area (Å²) in [6.07, 6.45) is 8.01. The molecule has 18 heavy (non-hydrogen) atoms. The van der Waals surface area contributed by atoms with Crippen molar-refractivity contribution in [2.75, 3.05) is 6.61 Å². The molecular formula is C15H18N2O. The van der Waals surface area contributed by atoms with E-state index in [-0.39, 0.29) is 5.60 Å². The fraction of sp³-hybridized carbons (Fsp3) is 0.600. The zero-order chi connectivity index (χ0) is 12.5. The first-order valence-electron chi connectivity index (χ1n) is 6.75. The molecule has 0 amide bonds. The summed E-state index contributed by atoms with van der Waals surface area (Å²) in [6.45, 7) is 0.685. The van der Waals surface area contributed by atoms with E-state index in [0.29, 0.717) is 6.61 Å². The fourth-order valence-electron chi connectivity index (χ4n) is 3.49. The van der Waals surface area contributed by atoms with Crippen molar-refractivity contribution in [1.29, 1.82) is 5.26 Å². The third-order valence-electron chi connectivity index (χ3n) is 4.45. The molecule has 3 nitrogen and oxygen atoms in total. The van der Waals surface area contributed by atoms with Gasteiger partial charge in [0.15, 0.2) is 0 Å². The fourth-order valence-corrected chi connectivity index (χ4v) is 3.49. The average molecular weight is 242 g/mol. The molecule has 3 rings (SSSR count). The number of aromatic nitrogens is 1. The molecule has 0 radical (unpaired) electrons. The molecule has 1 aliphatic carbocycles. The quantitative estimate of drug-likeness (QED) is 0.760. The van der Waals surface area contributed by atoms with Gasteiger partial charge in [-0.15, -0.1) is 0 Å². The van der Waals surface area contributed by atoms with Gasteiger partial charge in [0.2, 0.25) is 0 Å². The standard InChI is InChI=1S/C15H18N2O/c16-12-14(13-5-1-4-9-17-13)8-10-18-15(11-14)6-2-3-7-15/h1,4-5,9H,2-3,6-8,10-11H2/t14-/m1/s1. The zero-order valence-corrected chi connectivity index (χ0v) is 10.6. The number of rotatable bonds is 1. The molecule has 3 heteroatoms. The van der Waals surface area contributed by atoms with Gasteiger partial charge in [0.25, 0.3) is 0 Å². The average Bonchev–Trinajstić information content (AvgIpc) is 2.87. The highest BCUT2D eigenvalue weighted by Gasteiger charge is 2.49. The minimum atomic E-state index is -0.441. The Bertz CT molecular complexity index is 459. The summed E-state index contributed by atoms with van der Waals surface area (Å²) < 4.78 is 6.03. The van der Waals surface area contributed by atoms with E-state index in [1.165, 1.54) is 12.8 Å². The number of pyridine rings is 1. The minimum Gasteiger partial charge on any atom is -0.375 e. The first-order valence-corrected chi connectivity index (χ1v) is 6.75. The molecule has 2 heterocycles. The van der Waals surface area contributed by atoms with E-state index in [2.05, 4.69) is 11.1 Å². The second-order valence-corrected chi connectivity index (χ2v) is 5.57. The molecule has 0 N–H and O–H groups in total. The van der Waals surface area contributed by atoms with Crippen LogP contribution in [-0.4, -0.2) is 17.2 Å². The van der Waals surface area contributed by atoms with Gasteiger partial charge in [-0.1, -0.05) is 18.9 Å². The predicted octanol–water partition coefficient (Wildman–Crippen LogP) is 2.97. The zero-order valence-electron chi connectivity index (χ0n) is 10.6. The molecule has 0 unspecified atom stereocenters. The smallest absolute Gasteiger partial charge is 0.104 e. The van der Waals surface area contributed by atoms with Crippen molar-refractivity contribution in [2.24, 2.45) is 0 Å². The Morgan fingerprint density at radius 3 is 2.72 bits per heavy atom. The second kappa shape index (κ2) is 4.37. The van der Waals surface area contributed by atoms with Crippen LogP contribution in [0.3, 0.4) is 0 Å². The lowest BCUT2D eigenvalue weighted by Gasteiger charge is -2.42. The number of nitrogens with zero attached hydrogens (tertiary/aromatic N) is 2. The summed E-state index contributed by atoms with van der Waals surface area (Å²) in [5.41, 5.74) is 0.428. The van der Waals surface area contributed by atoms with E-state index in [1.54, 1.807) is 6.20 Å². The summed E-state index contributed by atoms with van der Waals surface area (Å²) >= 11 is 0. The van der Waals surface area contributed by atoms with Crippen LogP contribution in [0.2, 0.25) is 0 Å². The minimum absolute atomic E-state index is 0.0501. The van der Waals surface area contributed by atoms with Gasteiger partial charge in [-0.05, 0) is 31.4 Å². The topological polar surface area (TPSA) is 45.9 Å².